The van der Waals surface area contributed by atoms with Crippen molar-refractivity contribution in [2.75, 3.05) is 13.1 Å². The summed E-state index contributed by atoms with van der Waals surface area (Å²) in [5, 5.41) is 1.19. The molecule has 2 heterocycles. The van der Waals surface area contributed by atoms with Crippen LogP contribution < -0.4 is 4.74 Å². The van der Waals surface area contributed by atoms with Gasteiger partial charge in [0, 0.05) is 36.3 Å². The number of aromatic nitrogens is 1. The van der Waals surface area contributed by atoms with Gasteiger partial charge in [-0.3, -0.25) is 0 Å². The molecule has 1 N–H and O–H groups in total. The SMILES string of the molecule is O=S(=O)(c1cccc(Oc2ccc(F)cc2)c1)N1CCC(c2c[nH]c3ccc(-c4ccccc4)cc23)CC1. The Bertz CT molecular complexity index is 1670. The number of hydrogen-bond acceptors (Lipinski definition) is 3. The van der Waals surface area contributed by atoms with Gasteiger partial charge in [-0.15, -0.1) is 0 Å². The zero-order chi connectivity index (χ0) is 26.1. The fourth-order valence-electron chi connectivity index (χ4n) is 5.18. The molecule has 7 heteroatoms. The Labute approximate surface area is 221 Å². The lowest BCUT2D eigenvalue weighted by molar-refractivity contribution is 0.320. The first-order valence-electron chi connectivity index (χ1n) is 12.7. The lowest BCUT2D eigenvalue weighted by Gasteiger charge is -2.31. The Balaban J connectivity index is 1.18. The topological polar surface area (TPSA) is 62.4 Å². The minimum absolute atomic E-state index is 0.190. The zero-order valence-electron chi connectivity index (χ0n) is 20.7. The van der Waals surface area contributed by atoms with E-state index in [4.69, 9.17) is 4.74 Å². The van der Waals surface area contributed by atoms with Crippen molar-refractivity contribution in [3.8, 4) is 22.6 Å². The van der Waals surface area contributed by atoms with Gasteiger partial charge in [0.1, 0.15) is 17.3 Å². The molecule has 5 nitrogen and oxygen atoms in total. The quantitative estimate of drug-likeness (QED) is 0.252. The molecule has 1 aliphatic heterocycles. The molecule has 1 saturated heterocycles. The van der Waals surface area contributed by atoms with Crippen LogP contribution in [0.3, 0.4) is 0 Å². The Morgan fingerprint density at radius 2 is 1.55 bits per heavy atom. The molecule has 38 heavy (non-hydrogen) atoms. The van der Waals surface area contributed by atoms with Gasteiger partial charge in [0.15, 0.2) is 0 Å². The number of sulfonamides is 1. The summed E-state index contributed by atoms with van der Waals surface area (Å²) in [7, 11) is -3.68. The van der Waals surface area contributed by atoms with Gasteiger partial charge in [0.2, 0.25) is 10.0 Å². The van der Waals surface area contributed by atoms with Gasteiger partial charge in [-0.1, -0.05) is 42.5 Å². The van der Waals surface area contributed by atoms with Crippen molar-refractivity contribution in [1.29, 1.82) is 0 Å². The van der Waals surface area contributed by atoms with Crippen molar-refractivity contribution in [2.24, 2.45) is 0 Å². The molecule has 0 bridgehead atoms. The molecule has 192 valence electrons. The van der Waals surface area contributed by atoms with Crippen molar-refractivity contribution in [2.45, 2.75) is 23.7 Å². The fourth-order valence-corrected chi connectivity index (χ4v) is 6.69. The van der Waals surface area contributed by atoms with Crippen LogP contribution in [0.4, 0.5) is 4.39 Å². The van der Waals surface area contributed by atoms with Crippen molar-refractivity contribution >= 4 is 20.9 Å². The van der Waals surface area contributed by atoms with E-state index >= 15 is 0 Å². The number of aromatic amines is 1. The number of piperidine rings is 1. The normalized spacial score (nSPS) is 15.1. The second kappa shape index (κ2) is 10.1. The van der Waals surface area contributed by atoms with Crippen LogP contribution >= 0.6 is 0 Å². The fraction of sp³-hybridized carbons (Fsp3) is 0.161. The molecule has 4 aromatic carbocycles. The summed E-state index contributed by atoms with van der Waals surface area (Å²) in [6, 6.07) is 28.9. The van der Waals surface area contributed by atoms with Crippen LogP contribution in [0, 0.1) is 5.82 Å². The average molecular weight is 527 g/mol. The highest BCUT2D eigenvalue weighted by Crippen LogP contribution is 2.37. The smallest absolute Gasteiger partial charge is 0.243 e. The van der Waals surface area contributed by atoms with Crippen LogP contribution in [0.1, 0.15) is 24.3 Å². The number of hydrogen-bond donors (Lipinski definition) is 1. The number of nitrogens with zero attached hydrogens (tertiary/aromatic N) is 1. The van der Waals surface area contributed by atoms with Gasteiger partial charge in [0.25, 0.3) is 0 Å². The van der Waals surface area contributed by atoms with Gasteiger partial charge >= 0.3 is 0 Å². The van der Waals surface area contributed by atoms with Crippen molar-refractivity contribution in [3.05, 3.63) is 115 Å². The minimum atomic E-state index is -3.68. The minimum Gasteiger partial charge on any atom is -0.457 e. The van der Waals surface area contributed by atoms with E-state index < -0.39 is 10.0 Å². The van der Waals surface area contributed by atoms with Crippen LogP contribution in [-0.4, -0.2) is 30.8 Å². The highest BCUT2D eigenvalue weighted by Gasteiger charge is 2.31. The third-order valence-corrected chi connectivity index (χ3v) is 9.10. The van der Waals surface area contributed by atoms with Crippen molar-refractivity contribution < 1.29 is 17.5 Å². The predicted molar refractivity (Wildman–Crippen MR) is 147 cm³/mol. The zero-order valence-corrected chi connectivity index (χ0v) is 21.5. The molecule has 5 aromatic rings. The van der Waals surface area contributed by atoms with Crippen LogP contribution in [0.15, 0.2) is 108 Å². The molecule has 6 rings (SSSR count). The lowest BCUT2D eigenvalue weighted by Crippen LogP contribution is -2.37. The monoisotopic (exact) mass is 526 g/mol. The Kier molecular flexibility index (Phi) is 6.47. The van der Waals surface area contributed by atoms with Gasteiger partial charge in [0.05, 0.1) is 4.90 Å². The van der Waals surface area contributed by atoms with Crippen LogP contribution in [0.2, 0.25) is 0 Å². The third-order valence-electron chi connectivity index (χ3n) is 7.21. The number of halogens is 1. The van der Waals surface area contributed by atoms with E-state index in [0.717, 1.165) is 18.4 Å². The first kappa shape index (κ1) is 24.4. The number of rotatable bonds is 6. The van der Waals surface area contributed by atoms with Crippen LogP contribution in [-0.2, 0) is 10.0 Å². The molecule has 0 amide bonds. The maximum absolute atomic E-state index is 13.5. The predicted octanol–water partition coefficient (Wildman–Crippen LogP) is 7.33. The maximum Gasteiger partial charge on any atom is 0.243 e. The summed E-state index contributed by atoms with van der Waals surface area (Å²) in [6.07, 6.45) is 3.56. The highest BCUT2D eigenvalue weighted by atomic mass is 32.2. The molecule has 0 unspecified atom stereocenters. The third kappa shape index (κ3) is 4.83. The summed E-state index contributed by atoms with van der Waals surface area (Å²) < 4.78 is 47.4. The molecule has 0 spiro atoms. The molecular weight excluding hydrogens is 499 g/mol. The first-order chi connectivity index (χ1) is 18.5. The van der Waals surface area contributed by atoms with Crippen LogP contribution in [0.25, 0.3) is 22.0 Å². The van der Waals surface area contributed by atoms with Crippen LogP contribution in [0.5, 0.6) is 11.5 Å². The van der Waals surface area contributed by atoms with E-state index in [1.54, 1.807) is 22.5 Å². The van der Waals surface area contributed by atoms with E-state index in [-0.39, 0.29) is 16.6 Å². The summed E-state index contributed by atoms with van der Waals surface area (Å²) >= 11 is 0. The van der Waals surface area contributed by atoms with Gasteiger partial charge in [-0.2, -0.15) is 4.31 Å². The van der Waals surface area contributed by atoms with E-state index in [0.29, 0.717) is 24.6 Å². The maximum atomic E-state index is 13.5. The standard InChI is InChI=1S/C31H27FN2O3S/c32-25-10-12-26(13-11-25)37-27-7-4-8-28(20-27)38(35,36)34-17-15-23(16-18-34)30-21-33-31-14-9-24(19-29(30)31)22-5-2-1-3-6-22/h1-14,19-21,23,33H,15-18H2. The Morgan fingerprint density at radius 3 is 2.32 bits per heavy atom. The molecule has 0 atom stereocenters. The largest absolute Gasteiger partial charge is 0.457 e. The molecule has 0 aliphatic carbocycles. The number of benzene rings is 4. The van der Waals surface area contributed by atoms with E-state index in [9.17, 15) is 12.8 Å². The Morgan fingerprint density at radius 1 is 0.789 bits per heavy atom. The number of ether oxygens (including phenoxy) is 1. The van der Waals surface area contributed by atoms with E-state index in [1.807, 2.05) is 18.2 Å². The number of H-pyrrole nitrogens is 1. The van der Waals surface area contributed by atoms with Crippen molar-refractivity contribution in [1.82, 2.24) is 9.29 Å². The number of nitrogens with one attached hydrogen (secondary N) is 1. The van der Waals surface area contributed by atoms with Gasteiger partial charge < -0.3 is 9.72 Å². The Hall–Kier alpha value is -3.94. The number of fused-ring (bicyclic) bond motifs is 1. The average Bonchev–Trinajstić information content (AvgIpc) is 3.38. The molecule has 0 radical (unpaired) electrons. The van der Waals surface area contributed by atoms with Crippen molar-refractivity contribution in [3.63, 3.8) is 0 Å². The van der Waals surface area contributed by atoms with Gasteiger partial charge in [-0.25, -0.2) is 12.8 Å². The van der Waals surface area contributed by atoms with E-state index in [2.05, 4.69) is 41.5 Å². The lowest BCUT2D eigenvalue weighted by atomic mass is 9.89. The molecular formula is C31H27FN2O3S. The molecule has 1 fully saturated rings. The molecule has 1 aliphatic rings. The summed E-state index contributed by atoms with van der Waals surface area (Å²) in [5.74, 6) is 0.743. The second-order valence-corrected chi connectivity index (χ2v) is 11.5. The van der Waals surface area contributed by atoms with Gasteiger partial charge in [-0.05, 0) is 84.0 Å². The first-order valence-corrected chi connectivity index (χ1v) is 14.1. The molecule has 1 aromatic heterocycles. The second-order valence-electron chi connectivity index (χ2n) is 9.58. The summed E-state index contributed by atoms with van der Waals surface area (Å²) in [4.78, 5) is 3.58. The summed E-state index contributed by atoms with van der Waals surface area (Å²) in [6.45, 7) is 0.891. The van der Waals surface area contributed by atoms with E-state index in [1.165, 1.54) is 52.4 Å². The molecule has 0 saturated carbocycles. The highest BCUT2D eigenvalue weighted by molar-refractivity contribution is 7.89. The summed E-state index contributed by atoms with van der Waals surface area (Å²) in [5.41, 5.74) is 4.67.